The first-order valence-corrected chi connectivity index (χ1v) is 8.90. The average Bonchev–Trinajstić information content (AvgIpc) is 2.49. The Kier molecular flexibility index (Phi) is 12.4. The second kappa shape index (κ2) is 12.6. The number of rotatable bonds is 4. The minimum absolute atomic E-state index is 0.0695. The van der Waals surface area contributed by atoms with Crippen molar-refractivity contribution in [1.82, 2.24) is 0 Å². The van der Waals surface area contributed by atoms with E-state index in [-0.39, 0.29) is 16.6 Å². The van der Waals surface area contributed by atoms with Crippen molar-refractivity contribution in [2.24, 2.45) is 11.1 Å². The fraction of sp³-hybridized carbons (Fsp3) is 0.435. The summed E-state index contributed by atoms with van der Waals surface area (Å²) >= 11 is 0. The lowest BCUT2D eigenvalue weighted by atomic mass is 9.72. The molecule has 0 heterocycles. The summed E-state index contributed by atoms with van der Waals surface area (Å²) in [5.41, 5.74) is 12.7. The fourth-order valence-corrected chi connectivity index (χ4v) is 2.71. The van der Waals surface area contributed by atoms with Crippen molar-refractivity contribution < 1.29 is 5.11 Å². The summed E-state index contributed by atoms with van der Waals surface area (Å²) in [5.74, 6) is 0.162. The minimum Gasteiger partial charge on any atom is -0.506 e. The van der Waals surface area contributed by atoms with Crippen LogP contribution in [0.2, 0.25) is 0 Å². The van der Waals surface area contributed by atoms with Crippen LogP contribution in [0.1, 0.15) is 60.5 Å². The fourth-order valence-electron chi connectivity index (χ4n) is 2.71. The van der Waals surface area contributed by atoms with Gasteiger partial charge in [-0.2, -0.15) is 0 Å². The molecular weight excluding hydrogens is 334 g/mol. The van der Waals surface area contributed by atoms with E-state index in [0.29, 0.717) is 11.4 Å². The minimum atomic E-state index is 0.0695. The number of phenols is 1. The Balaban J connectivity index is 0. The molecule has 1 rings (SSSR count). The van der Waals surface area contributed by atoms with Crippen molar-refractivity contribution in [3.63, 3.8) is 0 Å². The van der Waals surface area contributed by atoms with Gasteiger partial charge < -0.3 is 22.0 Å². The van der Waals surface area contributed by atoms with E-state index in [1.165, 1.54) is 5.56 Å². The molecule has 0 aliphatic heterocycles. The van der Waals surface area contributed by atoms with Crippen molar-refractivity contribution in [3.8, 4) is 18.2 Å². The summed E-state index contributed by atoms with van der Waals surface area (Å²) in [6, 6.07) is 7.26. The monoisotopic (exact) mass is 371 g/mol. The van der Waals surface area contributed by atoms with Gasteiger partial charge in [-0.3, -0.25) is 0 Å². The number of phenolic OH excluding ortho intramolecular Hbond substituents is 1. The lowest BCUT2D eigenvalue weighted by Gasteiger charge is -2.33. The zero-order chi connectivity index (χ0) is 21.7. The van der Waals surface area contributed by atoms with Crippen molar-refractivity contribution >= 4 is 11.4 Å². The molecule has 0 radical (unpaired) electrons. The Morgan fingerprint density at radius 1 is 1.22 bits per heavy atom. The summed E-state index contributed by atoms with van der Waals surface area (Å²) in [6.07, 6.45) is 12.9. The van der Waals surface area contributed by atoms with Crippen LogP contribution in [-0.2, 0) is 5.41 Å². The Hall–Kier alpha value is -2.67. The van der Waals surface area contributed by atoms with Gasteiger partial charge in [0.25, 0.3) is 0 Å². The Morgan fingerprint density at radius 3 is 2.11 bits per heavy atom. The number of nitrogens with one attached hydrogen (secondary N) is 1. The van der Waals surface area contributed by atoms with E-state index in [4.69, 9.17) is 11.1 Å². The molecular formula is C23H37N3O. The SMILES string of the molecule is C#CN.C/C=C\C=C/C(C)=N.CC(C)(C)CC(C)(C)c1ccc(O)c(N)c1. The molecule has 27 heavy (non-hydrogen) atoms. The lowest BCUT2D eigenvalue weighted by molar-refractivity contribution is 0.284. The van der Waals surface area contributed by atoms with Gasteiger partial charge in [0.05, 0.1) is 5.69 Å². The number of anilines is 1. The van der Waals surface area contributed by atoms with Gasteiger partial charge in [0.15, 0.2) is 0 Å². The molecule has 0 unspecified atom stereocenters. The maximum absolute atomic E-state index is 9.42. The highest BCUT2D eigenvalue weighted by Crippen LogP contribution is 2.37. The molecule has 6 N–H and O–H groups in total. The molecule has 0 bridgehead atoms. The molecule has 0 atom stereocenters. The summed E-state index contributed by atoms with van der Waals surface area (Å²) in [6.45, 7) is 14.8. The molecule has 0 saturated carbocycles. The maximum Gasteiger partial charge on any atom is 0.138 e. The number of hydrogen-bond donors (Lipinski definition) is 4. The summed E-state index contributed by atoms with van der Waals surface area (Å²) in [7, 11) is 0. The predicted octanol–water partition coefficient (Wildman–Crippen LogP) is 5.38. The number of benzene rings is 1. The van der Waals surface area contributed by atoms with E-state index in [0.717, 1.165) is 6.42 Å². The molecule has 0 aromatic heterocycles. The van der Waals surface area contributed by atoms with E-state index >= 15 is 0 Å². The normalized spacial score (nSPS) is 11.2. The third-order valence-electron chi connectivity index (χ3n) is 3.43. The van der Waals surface area contributed by atoms with Crippen LogP contribution >= 0.6 is 0 Å². The number of terminal acetylenes is 1. The van der Waals surface area contributed by atoms with Gasteiger partial charge >= 0.3 is 0 Å². The average molecular weight is 372 g/mol. The molecule has 1 aromatic rings. The zero-order valence-electron chi connectivity index (χ0n) is 17.9. The first-order valence-electron chi connectivity index (χ1n) is 8.90. The van der Waals surface area contributed by atoms with Gasteiger partial charge in [0.2, 0.25) is 0 Å². The standard InChI is InChI=1S/C14H23NO.C7H11N.C2H3N/c1-13(2,3)9-14(4,5)10-6-7-12(16)11(15)8-10;1-3-4-5-6-7(2)8;1-2-3/h6-8,16H,9,15H2,1-5H3;3-6,8H,1-2H3;1H,3H2/b;4-3-,6-5-,8-7?;. The molecule has 4 heteroatoms. The van der Waals surface area contributed by atoms with Crippen molar-refractivity contribution in [1.29, 1.82) is 5.41 Å². The zero-order valence-corrected chi connectivity index (χ0v) is 17.9. The maximum atomic E-state index is 9.42. The Bertz CT molecular complexity index is 672. The molecule has 0 saturated heterocycles. The van der Waals surface area contributed by atoms with Gasteiger partial charge in [0, 0.05) is 5.71 Å². The number of hydrogen-bond acceptors (Lipinski definition) is 4. The van der Waals surface area contributed by atoms with Crippen LogP contribution in [0, 0.1) is 23.3 Å². The number of nitrogen functional groups attached to an aromatic ring is 1. The van der Waals surface area contributed by atoms with Gasteiger partial charge in [-0.25, -0.2) is 0 Å². The second-order valence-corrected chi connectivity index (χ2v) is 8.13. The molecule has 0 aliphatic rings. The van der Waals surface area contributed by atoms with Gasteiger partial charge in [0.1, 0.15) is 5.75 Å². The first-order chi connectivity index (χ1) is 12.3. The van der Waals surface area contributed by atoms with Crippen LogP contribution < -0.4 is 11.5 Å². The number of aromatic hydroxyl groups is 1. The molecule has 150 valence electrons. The lowest BCUT2D eigenvalue weighted by Crippen LogP contribution is -2.24. The second-order valence-electron chi connectivity index (χ2n) is 8.13. The molecule has 4 nitrogen and oxygen atoms in total. The van der Waals surface area contributed by atoms with Crippen LogP contribution in [0.15, 0.2) is 42.5 Å². The van der Waals surface area contributed by atoms with E-state index in [2.05, 4.69) is 46.8 Å². The van der Waals surface area contributed by atoms with Gasteiger partial charge in [-0.1, -0.05) is 65.3 Å². The van der Waals surface area contributed by atoms with Crippen LogP contribution in [0.25, 0.3) is 0 Å². The summed E-state index contributed by atoms with van der Waals surface area (Å²) in [5, 5.41) is 16.4. The third-order valence-corrected chi connectivity index (χ3v) is 3.43. The molecule has 1 aromatic carbocycles. The smallest absolute Gasteiger partial charge is 0.138 e. The molecule has 0 fully saturated rings. The van der Waals surface area contributed by atoms with Crippen LogP contribution in [-0.4, -0.2) is 10.8 Å². The highest BCUT2D eigenvalue weighted by molar-refractivity contribution is 5.90. The molecule has 0 aliphatic carbocycles. The predicted molar refractivity (Wildman–Crippen MR) is 120 cm³/mol. The van der Waals surface area contributed by atoms with Crippen LogP contribution in [0.4, 0.5) is 5.69 Å². The Morgan fingerprint density at radius 2 is 1.74 bits per heavy atom. The van der Waals surface area contributed by atoms with Gasteiger partial charge in [-0.05, 0) is 60.9 Å². The highest BCUT2D eigenvalue weighted by atomic mass is 16.3. The van der Waals surface area contributed by atoms with Crippen molar-refractivity contribution in [3.05, 3.63) is 48.1 Å². The van der Waals surface area contributed by atoms with E-state index in [1.54, 1.807) is 25.1 Å². The molecule has 0 amide bonds. The van der Waals surface area contributed by atoms with Crippen LogP contribution in [0.3, 0.4) is 0 Å². The highest BCUT2D eigenvalue weighted by Gasteiger charge is 2.27. The van der Waals surface area contributed by atoms with E-state index in [9.17, 15) is 5.11 Å². The third kappa shape index (κ3) is 14.2. The van der Waals surface area contributed by atoms with Gasteiger partial charge in [-0.15, -0.1) is 0 Å². The Labute approximate surface area is 165 Å². The number of nitrogens with two attached hydrogens (primary N) is 2. The molecule has 0 spiro atoms. The van der Waals surface area contributed by atoms with Crippen molar-refractivity contribution in [2.75, 3.05) is 5.73 Å². The summed E-state index contributed by atoms with van der Waals surface area (Å²) < 4.78 is 0. The van der Waals surface area contributed by atoms with Crippen LogP contribution in [0.5, 0.6) is 5.75 Å². The van der Waals surface area contributed by atoms with E-state index < -0.39 is 0 Å². The van der Waals surface area contributed by atoms with Crippen molar-refractivity contribution in [2.45, 2.75) is 60.3 Å². The first kappa shape index (κ1) is 26.6. The van der Waals surface area contributed by atoms with E-state index in [1.807, 2.05) is 37.3 Å². The number of allylic oxidation sites excluding steroid dienone is 4. The summed E-state index contributed by atoms with van der Waals surface area (Å²) in [4.78, 5) is 0. The topological polar surface area (TPSA) is 96.1 Å². The quantitative estimate of drug-likeness (QED) is 0.143. The largest absolute Gasteiger partial charge is 0.506 e.